The fourth-order valence-electron chi connectivity index (χ4n) is 0.850. The van der Waals surface area contributed by atoms with E-state index in [1.807, 2.05) is 0 Å². The van der Waals surface area contributed by atoms with Crippen LogP contribution in [0, 0.1) is 20.5 Å². The van der Waals surface area contributed by atoms with Crippen LogP contribution in [0.4, 0.5) is 0 Å². The first kappa shape index (κ1) is 41.0. The molecule has 0 heterocycles. The van der Waals surface area contributed by atoms with Gasteiger partial charge in [-0.25, -0.2) is 37.3 Å². The fraction of sp³-hybridized carbons (Fsp3) is 0.750. The zero-order valence-electron chi connectivity index (χ0n) is 13.7. The molecular weight excluding hydrogens is 474 g/mol. The Morgan fingerprint density at radius 2 is 0.815 bits per heavy atom. The smallest absolute Gasteiger partial charge is 0.457 e. The summed E-state index contributed by atoms with van der Waals surface area (Å²) in [6.07, 6.45) is 0.697. The van der Waals surface area contributed by atoms with Crippen molar-refractivity contribution in [1.29, 1.82) is 0 Å². The summed E-state index contributed by atoms with van der Waals surface area (Å²) in [5.41, 5.74) is 9.88. The molecule has 0 aliphatic heterocycles. The van der Waals surface area contributed by atoms with Crippen LogP contribution in [0.3, 0.4) is 0 Å². The molecule has 0 saturated heterocycles. The maximum absolute atomic E-state index is 10.3. The van der Waals surface area contributed by atoms with E-state index in [-0.39, 0.29) is 39.3 Å². The number of hydrogen-bond donors (Lipinski definition) is 4. The predicted molar refractivity (Wildman–Crippen MR) is 63.1 cm³/mol. The Morgan fingerprint density at radius 3 is 0.963 bits per heavy atom. The van der Waals surface area contributed by atoms with Crippen LogP contribution in [0.15, 0.2) is 0 Å². The molecule has 0 bridgehead atoms. The zero-order valence-corrected chi connectivity index (χ0v) is 16.2. The number of carbonyl (C=O) groups excluding carboxylic acids is 2. The van der Waals surface area contributed by atoms with Gasteiger partial charge in [-0.2, -0.15) is 0 Å². The van der Waals surface area contributed by atoms with Crippen LogP contribution in [-0.2, 0) is 37.0 Å². The Hall–Kier alpha value is -0.466. The third-order valence-electron chi connectivity index (χ3n) is 1.57. The van der Waals surface area contributed by atoms with Gasteiger partial charge in [-0.1, -0.05) is 0 Å². The van der Waals surface area contributed by atoms with Gasteiger partial charge in [0.1, 0.15) is 0 Å². The van der Waals surface area contributed by atoms with Crippen LogP contribution in [0.2, 0.25) is 0 Å². The SMILES string of the molecule is NC(=O)CCNCCNCCC(N)=O.[Ni+2].[O-][Cl+3]([O-])([O-])[O-].[O-][Cl+3]([O-])([O-])[O-].[OH3+].[OH3+]. The Bertz CT molecular complexity index is 300. The molecule has 12 N–H and O–H groups in total. The van der Waals surface area contributed by atoms with Crippen LogP contribution in [-0.4, -0.2) is 38.0 Å². The summed E-state index contributed by atoms with van der Waals surface area (Å²) in [6.45, 7) is 2.66. The van der Waals surface area contributed by atoms with Gasteiger partial charge in [-0.3, -0.25) is 9.59 Å². The van der Waals surface area contributed by atoms with Crippen LogP contribution in [0.1, 0.15) is 12.8 Å². The van der Waals surface area contributed by atoms with Crippen LogP contribution in [0.5, 0.6) is 0 Å². The second-order valence-corrected chi connectivity index (χ2v) is 5.20. The summed E-state index contributed by atoms with van der Waals surface area (Å²) < 4.78 is 67.9. The van der Waals surface area contributed by atoms with E-state index >= 15 is 0 Å². The normalized spacial score (nSPS) is 9.63. The molecule has 0 aliphatic rings. The Morgan fingerprint density at radius 1 is 0.630 bits per heavy atom. The van der Waals surface area contributed by atoms with Gasteiger partial charge in [-0.15, -0.1) is 20.5 Å². The maximum atomic E-state index is 10.3. The second kappa shape index (κ2) is 23.6. The number of halogens is 2. The molecule has 19 heteroatoms. The number of amides is 2. The van der Waals surface area contributed by atoms with Crippen molar-refractivity contribution in [2.75, 3.05) is 26.2 Å². The minimum atomic E-state index is -4.94. The number of nitrogens with one attached hydrogen (secondary N) is 2. The van der Waals surface area contributed by atoms with Crippen LogP contribution < -0.4 is 59.4 Å². The van der Waals surface area contributed by atoms with Gasteiger partial charge < -0.3 is 33.1 Å². The first-order valence-corrected chi connectivity index (χ1v) is 8.31. The molecule has 0 radical (unpaired) electrons. The van der Waals surface area contributed by atoms with E-state index in [1.54, 1.807) is 0 Å². The Labute approximate surface area is 168 Å². The topological polar surface area (TPSA) is 361 Å². The van der Waals surface area contributed by atoms with Gasteiger partial charge in [-0.05, 0) is 0 Å². The third kappa shape index (κ3) is 127. The second-order valence-electron chi connectivity index (χ2n) is 3.69. The number of primary amides is 2. The van der Waals surface area contributed by atoms with E-state index in [4.69, 9.17) is 48.7 Å². The van der Waals surface area contributed by atoms with E-state index in [9.17, 15) is 9.59 Å². The first-order chi connectivity index (χ1) is 10.6. The third-order valence-corrected chi connectivity index (χ3v) is 1.57. The van der Waals surface area contributed by atoms with Crippen molar-refractivity contribution in [2.24, 2.45) is 11.5 Å². The number of hydrogen-bond acceptors (Lipinski definition) is 12. The van der Waals surface area contributed by atoms with Gasteiger partial charge in [0.15, 0.2) is 0 Å². The minimum absolute atomic E-state index is 0. The van der Waals surface area contributed by atoms with Gasteiger partial charge in [0.05, 0.1) is 0 Å². The average Bonchev–Trinajstić information content (AvgIpc) is 2.27. The molecule has 0 fully saturated rings. The largest absolute Gasteiger partial charge is 2.00 e. The first-order valence-electron chi connectivity index (χ1n) is 5.84. The number of carbonyl (C=O) groups is 2. The van der Waals surface area contributed by atoms with Crippen molar-refractivity contribution < 1.29 is 94.8 Å². The minimum Gasteiger partial charge on any atom is -0.457 e. The average molecular weight is 498 g/mol. The maximum Gasteiger partial charge on any atom is 2.00 e. The van der Waals surface area contributed by atoms with Gasteiger partial charge in [0.2, 0.25) is 11.8 Å². The van der Waals surface area contributed by atoms with Crippen LogP contribution in [0.25, 0.3) is 0 Å². The van der Waals surface area contributed by atoms with E-state index in [2.05, 4.69) is 10.6 Å². The Balaban J connectivity index is -0.0000000716. The Kier molecular flexibility index (Phi) is 35.8. The van der Waals surface area contributed by atoms with Gasteiger partial charge in [0.25, 0.3) is 0 Å². The molecule has 0 aromatic rings. The molecule has 16 nitrogen and oxygen atoms in total. The van der Waals surface area contributed by atoms with Gasteiger partial charge >= 0.3 is 16.5 Å². The van der Waals surface area contributed by atoms with E-state index < -0.39 is 20.5 Å². The number of nitrogens with two attached hydrogens (primary N) is 2. The molecule has 170 valence electrons. The van der Waals surface area contributed by atoms with E-state index in [0.29, 0.717) is 25.9 Å². The summed E-state index contributed by atoms with van der Waals surface area (Å²) in [5.74, 6) is -0.613. The molecule has 27 heavy (non-hydrogen) atoms. The monoisotopic (exact) mass is 496 g/mol. The molecule has 0 aromatic heterocycles. The van der Waals surface area contributed by atoms with Crippen molar-refractivity contribution in [3.63, 3.8) is 0 Å². The van der Waals surface area contributed by atoms with Gasteiger partial charge in [0, 0.05) is 39.0 Å². The fourth-order valence-corrected chi connectivity index (χ4v) is 0.850. The van der Waals surface area contributed by atoms with Crippen molar-refractivity contribution in [3.8, 4) is 0 Å². The predicted octanol–water partition coefficient (Wildman–Crippen LogP) is -13.4. The molecule has 0 unspecified atom stereocenters. The standard InChI is InChI=1S/C8H18N4O2.2ClHO4.Ni.2H2O/c9-7(13)1-3-11-5-6-12-4-2-8(10)14;2*2-1(3,4)5;;;/h11-12H,1-6H2,(H2,9,13)(H2,10,14);2*(H,2,3,4,5);;2*1H2/q;;;+2;;. The van der Waals surface area contributed by atoms with E-state index in [1.165, 1.54) is 0 Å². The molecule has 0 rings (SSSR count). The summed E-state index contributed by atoms with van der Waals surface area (Å²) >= 11 is 0. The van der Waals surface area contributed by atoms with Crippen molar-refractivity contribution >= 4 is 11.8 Å². The van der Waals surface area contributed by atoms with Crippen molar-refractivity contribution in [3.05, 3.63) is 0 Å². The zero-order chi connectivity index (χ0) is 19.8. The molecule has 0 saturated carbocycles. The van der Waals surface area contributed by atoms with Crippen molar-refractivity contribution in [1.82, 2.24) is 10.6 Å². The summed E-state index contributed by atoms with van der Waals surface area (Å²) in [6, 6.07) is 0. The molecular formula is C8H24Cl2N4NiO12+2. The molecule has 0 atom stereocenters. The molecule has 2 amide bonds. The van der Waals surface area contributed by atoms with Crippen LogP contribution >= 0.6 is 0 Å². The quantitative estimate of drug-likeness (QED) is 0.131. The molecule has 0 aromatic carbocycles. The van der Waals surface area contributed by atoms with Crippen molar-refractivity contribution in [2.45, 2.75) is 12.8 Å². The van der Waals surface area contributed by atoms with E-state index in [0.717, 1.165) is 13.1 Å². The summed E-state index contributed by atoms with van der Waals surface area (Å²) in [7, 11) is -9.89. The number of rotatable bonds is 9. The summed E-state index contributed by atoms with van der Waals surface area (Å²) in [4.78, 5) is 20.6. The summed E-state index contributed by atoms with van der Waals surface area (Å²) in [5, 5.41) is 6.05. The molecule has 0 spiro atoms. The molecule has 0 aliphatic carbocycles.